The molecule has 0 spiro atoms. The van der Waals surface area contributed by atoms with E-state index >= 15 is 0 Å². The fraction of sp³-hybridized carbons (Fsp3) is 0. The molecule has 41 heavy (non-hydrogen) atoms. The van der Waals surface area contributed by atoms with Crippen molar-refractivity contribution < 1.29 is 4.42 Å². The Labute approximate surface area is 239 Å². The Morgan fingerprint density at radius 2 is 1.24 bits per heavy atom. The van der Waals surface area contributed by atoms with Gasteiger partial charge in [-0.15, -0.1) is 11.3 Å². The lowest BCUT2D eigenvalue weighted by Gasteiger charge is -2.10. The Bertz CT molecular complexity index is 2410. The Balaban J connectivity index is 1.24. The smallest absolute Gasteiger partial charge is 0.137 e. The first-order valence-electron chi connectivity index (χ1n) is 13.7. The standard InChI is InChI=1S/C37H22N2OS/c1-2-8-23(9-3-1)24-14-17-26(18-15-24)39-30-12-6-4-10-27(30)28-19-16-25(22-31(28)39)37-38-36-34(41-37)21-20-33-35(36)29-11-5-7-13-32(29)40-33/h1-22H. The van der Waals surface area contributed by atoms with Gasteiger partial charge in [0, 0.05) is 27.4 Å². The van der Waals surface area contributed by atoms with Crippen LogP contribution in [0.15, 0.2) is 138 Å². The van der Waals surface area contributed by atoms with Crippen LogP contribution < -0.4 is 0 Å². The number of furan rings is 1. The monoisotopic (exact) mass is 542 g/mol. The third kappa shape index (κ3) is 3.41. The highest BCUT2D eigenvalue weighted by atomic mass is 32.1. The van der Waals surface area contributed by atoms with Crippen molar-refractivity contribution in [1.29, 1.82) is 0 Å². The zero-order chi connectivity index (χ0) is 26.9. The molecule has 3 nitrogen and oxygen atoms in total. The molecular weight excluding hydrogens is 520 g/mol. The van der Waals surface area contributed by atoms with Crippen LogP contribution in [-0.4, -0.2) is 9.55 Å². The molecule has 192 valence electrons. The van der Waals surface area contributed by atoms with Crippen molar-refractivity contribution in [3.63, 3.8) is 0 Å². The molecule has 0 aliphatic heterocycles. The van der Waals surface area contributed by atoms with Crippen molar-refractivity contribution in [3.8, 4) is 27.4 Å². The second-order valence-electron chi connectivity index (χ2n) is 10.4. The van der Waals surface area contributed by atoms with Gasteiger partial charge < -0.3 is 8.98 Å². The Morgan fingerprint density at radius 1 is 0.537 bits per heavy atom. The number of thiazole rings is 1. The number of para-hydroxylation sites is 2. The van der Waals surface area contributed by atoms with Crippen LogP contribution in [0.3, 0.4) is 0 Å². The molecule has 4 heteroatoms. The first-order valence-corrected chi connectivity index (χ1v) is 14.5. The average molecular weight is 543 g/mol. The van der Waals surface area contributed by atoms with E-state index in [1.807, 2.05) is 12.1 Å². The van der Waals surface area contributed by atoms with Crippen LogP contribution in [0.25, 0.3) is 81.3 Å². The van der Waals surface area contributed by atoms with Gasteiger partial charge in [-0.1, -0.05) is 91.0 Å². The first-order chi connectivity index (χ1) is 20.3. The maximum absolute atomic E-state index is 6.13. The number of hydrogen-bond donors (Lipinski definition) is 0. The minimum absolute atomic E-state index is 0.880. The van der Waals surface area contributed by atoms with Crippen LogP contribution in [-0.2, 0) is 0 Å². The van der Waals surface area contributed by atoms with Gasteiger partial charge in [0.25, 0.3) is 0 Å². The number of aromatic nitrogens is 2. The summed E-state index contributed by atoms with van der Waals surface area (Å²) < 4.78 is 9.67. The fourth-order valence-corrected chi connectivity index (χ4v) is 7.11. The summed E-state index contributed by atoms with van der Waals surface area (Å²) in [5.74, 6) is 0. The van der Waals surface area contributed by atoms with E-state index in [0.29, 0.717) is 0 Å². The van der Waals surface area contributed by atoms with E-state index in [1.165, 1.54) is 32.9 Å². The summed E-state index contributed by atoms with van der Waals surface area (Å²) >= 11 is 1.73. The summed E-state index contributed by atoms with van der Waals surface area (Å²) in [6, 6.07) is 47.2. The van der Waals surface area contributed by atoms with Gasteiger partial charge >= 0.3 is 0 Å². The third-order valence-corrected chi connectivity index (χ3v) is 9.12. The van der Waals surface area contributed by atoms with E-state index in [2.05, 4.69) is 126 Å². The number of rotatable bonds is 3. The van der Waals surface area contributed by atoms with Gasteiger partial charge in [-0.25, -0.2) is 4.98 Å². The number of nitrogens with zero attached hydrogens (tertiary/aromatic N) is 2. The number of fused-ring (bicyclic) bond motifs is 8. The van der Waals surface area contributed by atoms with E-state index in [4.69, 9.17) is 9.40 Å². The molecule has 0 radical (unpaired) electrons. The Morgan fingerprint density at radius 3 is 2.12 bits per heavy atom. The van der Waals surface area contributed by atoms with Crippen LogP contribution in [0.1, 0.15) is 0 Å². The third-order valence-electron chi connectivity index (χ3n) is 8.05. The molecule has 9 aromatic rings. The number of benzene rings is 6. The SMILES string of the molecule is c1ccc(-c2ccc(-n3c4ccccc4c4ccc(-c5nc6c(ccc7oc8ccccc8c76)s5)cc43)cc2)cc1. The first kappa shape index (κ1) is 22.6. The molecule has 0 amide bonds. The lowest BCUT2D eigenvalue weighted by molar-refractivity contribution is 0.669. The maximum Gasteiger partial charge on any atom is 0.137 e. The number of hydrogen-bond acceptors (Lipinski definition) is 3. The van der Waals surface area contributed by atoms with E-state index in [1.54, 1.807) is 11.3 Å². The highest BCUT2D eigenvalue weighted by molar-refractivity contribution is 7.21. The highest BCUT2D eigenvalue weighted by Crippen LogP contribution is 2.40. The predicted octanol–water partition coefficient (Wildman–Crippen LogP) is 10.6. The van der Waals surface area contributed by atoms with Crippen LogP contribution in [0, 0.1) is 0 Å². The molecule has 6 aromatic carbocycles. The minimum atomic E-state index is 0.880. The Kier molecular flexibility index (Phi) is 4.77. The van der Waals surface area contributed by atoms with Gasteiger partial charge in [0.1, 0.15) is 16.2 Å². The molecule has 9 rings (SSSR count). The summed E-state index contributed by atoms with van der Waals surface area (Å²) in [6.07, 6.45) is 0. The molecule has 0 atom stereocenters. The molecule has 0 fully saturated rings. The largest absolute Gasteiger partial charge is 0.456 e. The van der Waals surface area contributed by atoms with Crippen molar-refractivity contribution in [2.24, 2.45) is 0 Å². The highest BCUT2D eigenvalue weighted by Gasteiger charge is 2.17. The van der Waals surface area contributed by atoms with Gasteiger partial charge in [0.05, 0.1) is 26.6 Å². The molecule has 0 N–H and O–H groups in total. The van der Waals surface area contributed by atoms with E-state index < -0.39 is 0 Å². The van der Waals surface area contributed by atoms with Crippen LogP contribution in [0.4, 0.5) is 0 Å². The zero-order valence-electron chi connectivity index (χ0n) is 21.9. The molecular formula is C37H22N2OS. The van der Waals surface area contributed by atoms with E-state index in [0.717, 1.165) is 48.4 Å². The quantitative estimate of drug-likeness (QED) is 0.222. The normalized spacial score (nSPS) is 11.9. The lowest BCUT2D eigenvalue weighted by Crippen LogP contribution is -1.94. The average Bonchev–Trinajstić information content (AvgIpc) is 3.73. The lowest BCUT2D eigenvalue weighted by atomic mass is 10.1. The molecule has 0 aliphatic rings. The van der Waals surface area contributed by atoms with E-state index in [-0.39, 0.29) is 0 Å². The van der Waals surface area contributed by atoms with Gasteiger partial charge in [-0.2, -0.15) is 0 Å². The zero-order valence-corrected chi connectivity index (χ0v) is 22.7. The molecule has 0 saturated carbocycles. The molecule has 0 aliphatic carbocycles. The predicted molar refractivity (Wildman–Crippen MR) is 172 cm³/mol. The Hall–Kier alpha value is -5.19. The van der Waals surface area contributed by atoms with Gasteiger partial charge in [0.15, 0.2) is 0 Å². The van der Waals surface area contributed by atoms with Crippen molar-refractivity contribution in [2.75, 3.05) is 0 Å². The summed E-state index contributed by atoms with van der Waals surface area (Å²) in [4.78, 5) is 5.19. The van der Waals surface area contributed by atoms with Crippen molar-refractivity contribution in [3.05, 3.63) is 133 Å². The molecule has 3 aromatic heterocycles. The second kappa shape index (κ2) is 8.65. The molecule has 0 saturated heterocycles. The topological polar surface area (TPSA) is 31.0 Å². The van der Waals surface area contributed by atoms with Crippen LogP contribution in [0.2, 0.25) is 0 Å². The second-order valence-corrected chi connectivity index (χ2v) is 11.4. The van der Waals surface area contributed by atoms with Gasteiger partial charge in [-0.05, 0) is 53.6 Å². The summed E-state index contributed by atoms with van der Waals surface area (Å²) in [6.45, 7) is 0. The van der Waals surface area contributed by atoms with Crippen molar-refractivity contribution >= 4 is 65.3 Å². The van der Waals surface area contributed by atoms with Gasteiger partial charge in [-0.3, -0.25) is 0 Å². The van der Waals surface area contributed by atoms with Crippen molar-refractivity contribution in [1.82, 2.24) is 9.55 Å². The molecule has 0 bridgehead atoms. The summed E-state index contributed by atoms with van der Waals surface area (Å²) in [7, 11) is 0. The van der Waals surface area contributed by atoms with Crippen molar-refractivity contribution in [2.45, 2.75) is 0 Å². The summed E-state index contributed by atoms with van der Waals surface area (Å²) in [5, 5.41) is 5.70. The minimum Gasteiger partial charge on any atom is -0.456 e. The molecule has 0 unspecified atom stereocenters. The van der Waals surface area contributed by atoms with Crippen LogP contribution in [0.5, 0.6) is 0 Å². The fourth-order valence-electron chi connectivity index (χ4n) is 6.14. The summed E-state index contributed by atoms with van der Waals surface area (Å²) in [5.41, 5.74) is 9.84. The molecule has 3 heterocycles. The maximum atomic E-state index is 6.13. The van der Waals surface area contributed by atoms with E-state index in [9.17, 15) is 0 Å². The van der Waals surface area contributed by atoms with Crippen LogP contribution >= 0.6 is 11.3 Å². The van der Waals surface area contributed by atoms with Gasteiger partial charge in [0.2, 0.25) is 0 Å².